The molecule has 0 spiro atoms. The van der Waals surface area contributed by atoms with Crippen LogP contribution < -0.4 is 5.73 Å². The maximum Gasteiger partial charge on any atom is 0.222 e. The lowest BCUT2D eigenvalue weighted by atomic mass is 10.2. The number of aromatic nitrogens is 3. The summed E-state index contributed by atoms with van der Waals surface area (Å²) in [5.41, 5.74) is 8.82. The number of methoxy groups -OCH3 is 1. The zero-order valence-electron chi connectivity index (χ0n) is 15.9. The van der Waals surface area contributed by atoms with E-state index in [-0.39, 0.29) is 5.91 Å². The minimum atomic E-state index is 0.262. The van der Waals surface area contributed by atoms with Crippen LogP contribution in [0.15, 0.2) is 22.7 Å². The molecule has 0 unspecified atom stereocenters. The summed E-state index contributed by atoms with van der Waals surface area (Å²) in [7, 11) is 1.69. The molecule has 28 heavy (non-hydrogen) atoms. The molecule has 0 saturated carbocycles. The van der Waals surface area contributed by atoms with Gasteiger partial charge in [0.25, 0.3) is 0 Å². The zero-order chi connectivity index (χ0) is 19.7. The van der Waals surface area contributed by atoms with Gasteiger partial charge in [0.05, 0.1) is 17.6 Å². The fourth-order valence-electron chi connectivity index (χ4n) is 3.91. The SMILES string of the molecule is COCCc1nc2c(N)nc3ccc(Br)cc3c2n1CCCN1CCCC1=O. The van der Waals surface area contributed by atoms with Gasteiger partial charge in [-0.05, 0) is 31.0 Å². The van der Waals surface area contributed by atoms with Gasteiger partial charge >= 0.3 is 0 Å². The van der Waals surface area contributed by atoms with Crippen molar-refractivity contribution < 1.29 is 9.53 Å². The third kappa shape index (κ3) is 3.58. The van der Waals surface area contributed by atoms with Gasteiger partial charge in [-0.3, -0.25) is 4.79 Å². The number of nitrogen functional groups attached to an aromatic ring is 1. The van der Waals surface area contributed by atoms with Crippen LogP contribution in [-0.4, -0.2) is 52.1 Å². The second-order valence-corrected chi connectivity index (χ2v) is 8.03. The Labute approximate surface area is 172 Å². The first-order valence-electron chi connectivity index (χ1n) is 9.59. The molecule has 0 bridgehead atoms. The lowest BCUT2D eigenvalue weighted by molar-refractivity contribution is -0.127. The molecule has 1 aliphatic rings. The number of imidazole rings is 1. The molecule has 0 aliphatic carbocycles. The third-order valence-electron chi connectivity index (χ3n) is 5.25. The fourth-order valence-corrected chi connectivity index (χ4v) is 4.28. The van der Waals surface area contributed by atoms with E-state index in [1.807, 2.05) is 17.0 Å². The number of hydrogen-bond donors (Lipinski definition) is 1. The number of anilines is 1. The number of halogens is 1. The van der Waals surface area contributed by atoms with E-state index >= 15 is 0 Å². The Kier molecular flexibility index (Phi) is 5.50. The number of carbonyl (C=O) groups excluding carboxylic acids is 1. The van der Waals surface area contributed by atoms with Crippen molar-refractivity contribution in [3.05, 3.63) is 28.5 Å². The molecule has 1 amide bonds. The van der Waals surface area contributed by atoms with Crippen molar-refractivity contribution in [2.24, 2.45) is 0 Å². The molecule has 1 fully saturated rings. The lowest BCUT2D eigenvalue weighted by Crippen LogP contribution is -2.26. The summed E-state index contributed by atoms with van der Waals surface area (Å²) in [5.74, 6) is 1.64. The van der Waals surface area contributed by atoms with E-state index in [9.17, 15) is 4.79 Å². The molecule has 0 radical (unpaired) electrons. The van der Waals surface area contributed by atoms with Crippen LogP contribution in [0.4, 0.5) is 5.82 Å². The quantitative estimate of drug-likeness (QED) is 0.603. The van der Waals surface area contributed by atoms with Crippen LogP contribution >= 0.6 is 15.9 Å². The first kappa shape index (κ1) is 19.1. The number of hydrogen-bond acceptors (Lipinski definition) is 5. The number of aryl methyl sites for hydroxylation is 1. The maximum absolute atomic E-state index is 11.9. The molecule has 1 aliphatic heterocycles. The Bertz CT molecular complexity index is 1030. The van der Waals surface area contributed by atoms with E-state index in [4.69, 9.17) is 15.5 Å². The Morgan fingerprint density at radius 3 is 2.89 bits per heavy atom. The van der Waals surface area contributed by atoms with Crippen molar-refractivity contribution in [2.75, 3.05) is 32.5 Å². The van der Waals surface area contributed by atoms with E-state index in [0.717, 1.165) is 64.7 Å². The summed E-state index contributed by atoms with van der Waals surface area (Å²) >= 11 is 3.56. The molecule has 4 rings (SSSR count). The zero-order valence-corrected chi connectivity index (χ0v) is 17.5. The van der Waals surface area contributed by atoms with Crippen LogP contribution in [-0.2, 0) is 22.5 Å². The molecular formula is C20H24BrN5O2. The molecule has 8 heteroatoms. The van der Waals surface area contributed by atoms with Crippen LogP contribution in [0.5, 0.6) is 0 Å². The van der Waals surface area contributed by atoms with E-state index in [2.05, 4.69) is 31.5 Å². The molecule has 7 nitrogen and oxygen atoms in total. The second kappa shape index (κ2) is 8.05. The average molecular weight is 446 g/mol. The number of likely N-dealkylation sites (tertiary alicyclic amines) is 1. The average Bonchev–Trinajstić information content (AvgIpc) is 3.25. The highest BCUT2D eigenvalue weighted by molar-refractivity contribution is 9.10. The van der Waals surface area contributed by atoms with Crippen molar-refractivity contribution in [3.63, 3.8) is 0 Å². The van der Waals surface area contributed by atoms with Crippen molar-refractivity contribution >= 4 is 49.6 Å². The molecule has 1 saturated heterocycles. The molecule has 148 valence electrons. The van der Waals surface area contributed by atoms with Crippen LogP contribution in [0.25, 0.3) is 21.9 Å². The topological polar surface area (TPSA) is 86.3 Å². The molecule has 2 N–H and O–H groups in total. The number of fused-ring (bicyclic) bond motifs is 3. The number of benzene rings is 1. The highest BCUT2D eigenvalue weighted by Gasteiger charge is 2.21. The summed E-state index contributed by atoms with van der Waals surface area (Å²) in [5, 5.41) is 1.02. The van der Waals surface area contributed by atoms with E-state index < -0.39 is 0 Å². The van der Waals surface area contributed by atoms with Crippen LogP contribution in [0.2, 0.25) is 0 Å². The van der Waals surface area contributed by atoms with Gasteiger partial charge < -0.3 is 19.9 Å². The number of ether oxygens (including phenoxy) is 1. The Morgan fingerprint density at radius 1 is 1.29 bits per heavy atom. The predicted octanol–water partition coefficient (Wildman–Crippen LogP) is 3.13. The van der Waals surface area contributed by atoms with E-state index in [0.29, 0.717) is 25.3 Å². The number of amides is 1. The van der Waals surface area contributed by atoms with Gasteiger partial charge in [0, 0.05) is 49.4 Å². The predicted molar refractivity (Wildman–Crippen MR) is 113 cm³/mol. The standard InChI is InChI=1S/C20H24BrN5O2/c1-28-11-7-16-24-18-19(14-12-13(21)5-6-15(14)23-20(18)22)26(16)10-3-9-25-8-2-4-17(25)27/h5-6,12H,2-4,7-11H2,1H3,(H2,22,23). The van der Waals surface area contributed by atoms with E-state index in [1.54, 1.807) is 7.11 Å². The second-order valence-electron chi connectivity index (χ2n) is 7.12. The summed E-state index contributed by atoms with van der Waals surface area (Å²) in [6, 6.07) is 5.99. The molecular weight excluding hydrogens is 422 g/mol. The van der Waals surface area contributed by atoms with Crippen molar-refractivity contribution in [2.45, 2.75) is 32.2 Å². The van der Waals surface area contributed by atoms with Crippen molar-refractivity contribution in [1.29, 1.82) is 0 Å². The lowest BCUT2D eigenvalue weighted by Gasteiger charge is -2.17. The molecule has 3 aromatic rings. The van der Waals surface area contributed by atoms with Crippen molar-refractivity contribution in [3.8, 4) is 0 Å². The van der Waals surface area contributed by atoms with Gasteiger partial charge in [-0.15, -0.1) is 0 Å². The first-order chi connectivity index (χ1) is 13.6. The van der Waals surface area contributed by atoms with Gasteiger partial charge in [-0.25, -0.2) is 9.97 Å². The summed E-state index contributed by atoms with van der Waals surface area (Å²) in [4.78, 5) is 23.2. The van der Waals surface area contributed by atoms with Crippen LogP contribution in [0, 0.1) is 0 Å². The number of pyridine rings is 1. The van der Waals surface area contributed by atoms with Gasteiger partial charge in [-0.1, -0.05) is 15.9 Å². The number of rotatable bonds is 7. The number of carbonyl (C=O) groups is 1. The normalized spacial score (nSPS) is 14.6. The Balaban J connectivity index is 1.75. The minimum absolute atomic E-state index is 0.262. The fraction of sp³-hybridized carbons (Fsp3) is 0.450. The highest BCUT2D eigenvalue weighted by Crippen LogP contribution is 2.31. The Morgan fingerprint density at radius 2 is 2.14 bits per heavy atom. The third-order valence-corrected chi connectivity index (χ3v) is 5.75. The van der Waals surface area contributed by atoms with E-state index in [1.165, 1.54) is 0 Å². The minimum Gasteiger partial charge on any atom is -0.384 e. The smallest absolute Gasteiger partial charge is 0.222 e. The summed E-state index contributed by atoms with van der Waals surface area (Å²) in [6.07, 6.45) is 3.21. The highest BCUT2D eigenvalue weighted by atomic mass is 79.9. The van der Waals surface area contributed by atoms with Crippen LogP contribution in [0.1, 0.15) is 25.1 Å². The summed E-state index contributed by atoms with van der Waals surface area (Å²) < 4.78 is 8.48. The molecule has 2 aromatic heterocycles. The van der Waals surface area contributed by atoms with Gasteiger partial charge in [-0.2, -0.15) is 0 Å². The first-order valence-corrected chi connectivity index (χ1v) is 10.4. The Hall–Kier alpha value is -2.19. The number of nitrogens with two attached hydrogens (primary N) is 1. The van der Waals surface area contributed by atoms with Gasteiger partial charge in [0.2, 0.25) is 5.91 Å². The summed E-state index contributed by atoms with van der Waals surface area (Å²) in [6.45, 7) is 2.99. The largest absolute Gasteiger partial charge is 0.384 e. The molecule has 0 atom stereocenters. The van der Waals surface area contributed by atoms with Crippen molar-refractivity contribution in [1.82, 2.24) is 19.4 Å². The monoisotopic (exact) mass is 445 g/mol. The van der Waals surface area contributed by atoms with Crippen LogP contribution in [0.3, 0.4) is 0 Å². The maximum atomic E-state index is 11.9. The molecule has 3 heterocycles. The number of nitrogens with zero attached hydrogens (tertiary/aromatic N) is 4. The van der Waals surface area contributed by atoms with Gasteiger partial charge in [0.15, 0.2) is 5.82 Å². The molecule has 1 aromatic carbocycles. The van der Waals surface area contributed by atoms with Gasteiger partial charge in [0.1, 0.15) is 11.3 Å².